The molecule has 0 aromatic heterocycles. The molecule has 1 rings (SSSR count). The number of likely N-dealkylation sites (N-methyl/N-ethyl adjacent to an activating group) is 1. The topological polar surface area (TPSA) is 70.1 Å². The molecule has 0 spiro atoms. The number of rotatable bonds is 3. The van der Waals surface area contributed by atoms with Crippen LogP contribution in [0.2, 0.25) is 0 Å². The van der Waals surface area contributed by atoms with Crippen LogP contribution in [0.3, 0.4) is 0 Å². The molecule has 2 atom stereocenters. The molecule has 1 saturated heterocycles. The van der Waals surface area contributed by atoms with Crippen molar-refractivity contribution in [3.8, 4) is 0 Å². The van der Waals surface area contributed by atoms with E-state index in [1.807, 2.05) is 6.92 Å². The van der Waals surface area contributed by atoms with Crippen molar-refractivity contribution in [1.29, 1.82) is 0 Å². The number of aliphatic hydroxyl groups excluding tert-OH is 1. The van der Waals surface area contributed by atoms with E-state index in [0.717, 1.165) is 0 Å². The van der Waals surface area contributed by atoms with E-state index in [9.17, 15) is 9.59 Å². The number of amides is 2. The average Bonchev–Trinajstić information content (AvgIpc) is 2.29. The van der Waals surface area contributed by atoms with Crippen LogP contribution in [0.1, 0.15) is 13.8 Å². The molecule has 0 aliphatic carbocycles. The summed E-state index contributed by atoms with van der Waals surface area (Å²) >= 11 is 0. The van der Waals surface area contributed by atoms with Crippen molar-refractivity contribution in [2.24, 2.45) is 0 Å². The highest BCUT2D eigenvalue weighted by molar-refractivity contribution is 5.83. The number of morpholine rings is 1. The van der Waals surface area contributed by atoms with Gasteiger partial charge in [-0.1, -0.05) is 0 Å². The molecule has 98 valence electrons. The summed E-state index contributed by atoms with van der Waals surface area (Å²) in [6.45, 7) is 4.08. The Hall–Kier alpha value is -1.14. The van der Waals surface area contributed by atoms with Crippen molar-refractivity contribution in [3.63, 3.8) is 0 Å². The molecule has 2 amide bonds. The Bertz CT molecular complexity index is 295. The highest BCUT2D eigenvalue weighted by Crippen LogP contribution is 2.11. The minimum Gasteiger partial charge on any atom is -0.394 e. The third-order valence-corrected chi connectivity index (χ3v) is 2.94. The van der Waals surface area contributed by atoms with Gasteiger partial charge in [0.1, 0.15) is 0 Å². The predicted molar refractivity (Wildman–Crippen MR) is 61.3 cm³/mol. The van der Waals surface area contributed by atoms with E-state index >= 15 is 0 Å². The first-order valence-corrected chi connectivity index (χ1v) is 5.69. The summed E-state index contributed by atoms with van der Waals surface area (Å²) < 4.78 is 5.35. The predicted octanol–water partition coefficient (Wildman–Crippen LogP) is -0.927. The molecule has 17 heavy (non-hydrogen) atoms. The number of nitrogens with zero attached hydrogens (tertiary/aromatic N) is 2. The number of carbonyl (C=O) groups excluding carboxylic acids is 2. The molecule has 1 heterocycles. The zero-order valence-electron chi connectivity index (χ0n) is 10.5. The minimum atomic E-state index is -0.321. The first-order chi connectivity index (χ1) is 7.95. The SMILES string of the molecule is CC(=O)N(C)CC(=O)N1CC(CO)OCC1C. The number of aliphatic hydroxyl groups is 1. The molecule has 0 saturated carbocycles. The second-order valence-electron chi connectivity index (χ2n) is 4.41. The van der Waals surface area contributed by atoms with Crippen LogP contribution in [0.5, 0.6) is 0 Å². The Balaban J connectivity index is 2.57. The Labute approximate surface area is 101 Å². The van der Waals surface area contributed by atoms with Gasteiger partial charge in [-0.2, -0.15) is 0 Å². The molecular weight excluding hydrogens is 224 g/mol. The second kappa shape index (κ2) is 5.97. The molecule has 6 nitrogen and oxygen atoms in total. The van der Waals surface area contributed by atoms with E-state index in [0.29, 0.717) is 13.2 Å². The Morgan fingerprint density at radius 1 is 1.53 bits per heavy atom. The fraction of sp³-hybridized carbons (Fsp3) is 0.818. The highest BCUT2D eigenvalue weighted by Gasteiger charge is 2.29. The van der Waals surface area contributed by atoms with Crippen LogP contribution < -0.4 is 0 Å². The van der Waals surface area contributed by atoms with Gasteiger partial charge in [0.05, 0.1) is 31.9 Å². The van der Waals surface area contributed by atoms with Gasteiger partial charge in [-0.25, -0.2) is 0 Å². The van der Waals surface area contributed by atoms with E-state index in [4.69, 9.17) is 9.84 Å². The number of ether oxygens (including phenoxy) is 1. The van der Waals surface area contributed by atoms with Crippen molar-refractivity contribution in [2.45, 2.75) is 26.0 Å². The molecule has 6 heteroatoms. The van der Waals surface area contributed by atoms with Crippen molar-refractivity contribution < 1.29 is 19.4 Å². The Morgan fingerprint density at radius 3 is 2.71 bits per heavy atom. The maximum absolute atomic E-state index is 12.0. The summed E-state index contributed by atoms with van der Waals surface area (Å²) in [5.74, 6) is -0.255. The summed E-state index contributed by atoms with van der Waals surface area (Å²) in [7, 11) is 1.59. The van der Waals surface area contributed by atoms with Gasteiger partial charge in [0.2, 0.25) is 11.8 Å². The average molecular weight is 244 g/mol. The van der Waals surface area contributed by atoms with Crippen molar-refractivity contribution in [3.05, 3.63) is 0 Å². The van der Waals surface area contributed by atoms with Crippen LogP contribution in [-0.4, -0.2) is 72.2 Å². The highest BCUT2D eigenvalue weighted by atomic mass is 16.5. The van der Waals surface area contributed by atoms with Crippen LogP contribution in [0, 0.1) is 0 Å². The zero-order valence-corrected chi connectivity index (χ0v) is 10.5. The maximum atomic E-state index is 12.0. The van der Waals surface area contributed by atoms with E-state index in [-0.39, 0.29) is 37.1 Å². The monoisotopic (exact) mass is 244 g/mol. The van der Waals surface area contributed by atoms with Crippen LogP contribution in [0.15, 0.2) is 0 Å². The largest absolute Gasteiger partial charge is 0.394 e. The second-order valence-corrected chi connectivity index (χ2v) is 4.41. The molecule has 1 aliphatic rings. The van der Waals surface area contributed by atoms with E-state index in [1.165, 1.54) is 11.8 Å². The molecule has 0 radical (unpaired) electrons. The Morgan fingerprint density at radius 2 is 2.18 bits per heavy atom. The van der Waals surface area contributed by atoms with Crippen LogP contribution >= 0.6 is 0 Å². The standard InChI is InChI=1S/C11H20N2O4/c1-8-7-17-10(6-14)4-13(8)11(16)5-12(3)9(2)15/h8,10,14H,4-7H2,1-3H3. The number of hydrogen-bond donors (Lipinski definition) is 1. The molecule has 2 unspecified atom stereocenters. The van der Waals surface area contributed by atoms with Gasteiger partial charge in [-0.15, -0.1) is 0 Å². The molecule has 1 fully saturated rings. The third kappa shape index (κ3) is 3.67. The molecule has 1 aliphatic heterocycles. The van der Waals surface area contributed by atoms with E-state index in [2.05, 4.69) is 0 Å². The molecule has 0 aromatic rings. The summed E-state index contributed by atoms with van der Waals surface area (Å²) in [4.78, 5) is 26.1. The fourth-order valence-corrected chi connectivity index (χ4v) is 1.68. The fourth-order valence-electron chi connectivity index (χ4n) is 1.68. The molecule has 1 N–H and O–H groups in total. The molecule has 0 bridgehead atoms. The first kappa shape index (κ1) is 13.9. The van der Waals surface area contributed by atoms with Gasteiger partial charge in [-0.05, 0) is 6.92 Å². The minimum absolute atomic E-state index is 0.0225. The lowest BCUT2D eigenvalue weighted by Gasteiger charge is -2.38. The molecule has 0 aromatic carbocycles. The van der Waals surface area contributed by atoms with Crippen LogP contribution in [0.4, 0.5) is 0 Å². The summed E-state index contributed by atoms with van der Waals surface area (Å²) in [5, 5.41) is 9.02. The van der Waals surface area contributed by atoms with Crippen molar-refractivity contribution >= 4 is 11.8 Å². The van der Waals surface area contributed by atoms with Gasteiger partial charge in [0, 0.05) is 20.5 Å². The maximum Gasteiger partial charge on any atom is 0.242 e. The lowest BCUT2D eigenvalue weighted by molar-refractivity contribution is -0.149. The van der Waals surface area contributed by atoms with Crippen molar-refractivity contribution in [1.82, 2.24) is 9.80 Å². The van der Waals surface area contributed by atoms with Gasteiger partial charge >= 0.3 is 0 Å². The summed E-state index contributed by atoms with van der Waals surface area (Å²) in [6.07, 6.45) is -0.321. The van der Waals surface area contributed by atoms with Gasteiger partial charge < -0.3 is 19.6 Å². The Kier molecular flexibility index (Phi) is 4.89. The third-order valence-electron chi connectivity index (χ3n) is 2.94. The van der Waals surface area contributed by atoms with Gasteiger partial charge in [0.15, 0.2) is 0 Å². The van der Waals surface area contributed by atoms with Crippen LogP contribution in [-0.2, 0) is 14.3 Å². The number of carbonyl (C=O) groups is 2. The van der Waals surface area contributed by atoms with Gasteiger partial charge in [-0.3, -0.25) is 9.59 Å². The summed E-state index contributed by atoms with van der Waals surface area (Å²) in [6, 6.07) is -0.0225. The first-order valence-electron chi connectivity index (χ1n) is 5.69. The quantitative estimate of drug-likeness (QED) is 0.696. The lowest BCUT2D eigenvalue weighted by atomic mass is 10.2. The van der Waals surface area contributed by atoms with E-state index < -0.39 is 0 Å². The smallest absolute Gasteiger partial charge is 0.242 e. The summed E-state index contributed by atoms with van der Waals surface area (Å²) in [5.41, 5.74) is 0. The number of hydrogen-bond acceptors (Lipinski definition) is 4. The van der Waals surface area contributed by atoms with Gasteiger partial charge in [0.25, 0.3) is 0 Å². The van der Waals surface area contributed by atoms with Crippen LogP contribution in [0.25, 0.3) is 0 Å². The van der Waals surface area contributed by atoms with Crippen molar-refractivity contribution in [2.75, 3.05) is 33.4 Å². The molecular formula is C11H20N2O4. The zero-order chi connectivity index (χ0) is 13.0. The lowest BCUT2D eigenvalue weighted by Crippen LogP contribution is -2.54. The van der Waals surface area contributed by atoms with E-state index in [1.54, 1.807) is 11.9 Å². The normalized spacial score (nSPS) is 24.6.